The molecule has 0 aliphatic carbocycles. The first-order chi connectivity index (χ1) is 7.75. The Kier molecular flexibility index (Phi) is 3.98. The van der Waals surface area contributed by atoms with Gasteiger partial charge in [-0.15, -0.1) is 0 Å². The molecule has 0 unspecified atom stereocenters. The van der Waals surface area contributed by atoms with Crippen molar-refractivity contribution in [3.63, 3.8) is 0 Å². The average molecular weight is 326 g/mol. The Hall–Kier alpha value is -0.840. The summed E-state index contributed by atoms with van der Waals surface area (Å²) in [6.45, 7) is 3.10. The van der Waals surface area contributed by atoms with Crippen LogP contribution in [0.25, 0.3) is 0 Å². The second kappa shape index (κ2) is 5.48. The van der Waals surface area contributed by atoms with Crippen LogP contribution in [0.15, 0.2) is 36.5 Å². The van der Waals surface area contributed by atoms with Gasteiger partial charge in [-0.05, 0) is 47.9 Å². The monoisotopic (exact) mass is 326 g/mol. The van der Waals surface area contributed by atoms with Crippen molar-refractivity contribution in [2.75, 3.05) is 0 Å². The second-order valence-electron chi connectivity index (χ2n) is 3.96. The van der Waals surface area contributed by atoms with Crippen LogP contribution in [0, 0.1) is 10.6 Å². The second-order valence-corrected chi connectivity index (χ2v) is 4.98. The van der Waals surface area contributed by atoms with Crippen molar-refractivity contribution in [3.8, 4) is 0 Å². The van der Waals surface area contributed by atoms with E-state index in [1.165, 1.54) is 11.1 Å². The number of aryl methyl sites for hydroxylation is 3. The lowest BCUT2D eigenvalue weighted by Gasteiger charge is -2.01. The molecule has 3 heteroatoms. The molecule has 2 nitrogen and oxygen atoms in total. The van der Waals surface area contributed by atoms with E-state index in [4.69, 9.17) is 0 Å². The van der Waals surface area contributed by atoms with Gasteiger partial charge in [0.25, 0.3) is 0 Å². The minimum atomic E-state index is 0.999. The summed E-state index contributed by atoms with van der Waals surface area (Å²) in [5.74, 6) is 0. The van der Waals surface area contributed by atoms with Crippen molar-refractivity contribution < 1.29 is 0 Å². The van der Waals surface area contributed by atoms with Gasteiger partial charge < -0.3 is 0 Å². The van der Waals surface area contributed by atoms with Gasteiger partial charge in [-0.3, -0.25) is 4.68 Å². The number of halogens is 1. The molecule has 0 saturated carbocycles. The third-order valence-electron chi connectivity index (χ3n) is 2.58. The van der Waals surface area contributed by atoms with Gasteiger partial charge in [0.1, 0.15) is 3.70 Å². The molecule has 0 spiro atoms. The van der Waals surface area contributed by atoms with Crippen LogP contribution in [-0.2, 0) is 13.0 Å². The maximum atomic E-state index is 4.44. The predicted molar refractivity (Wildman–Crippen MR) is 74.4 cm³/mol. The predicted octanol–water partition coefficient (Wildman–Crippen LogP) is 3.43. The molecule has 1 aromatic heterocycles. The van der Waals surface area contributed by atoms with Gasteiger partial charge in [0.2, 0.25) is 0 Å². The Balaban J connectivity index is 1.84. The van der Waals surface area contributed by atoms with E-state index in [1.807, 2.05) is 4.68 Å². The van der Waals surface area contributed by atoms with E-state index in [0.717, 1.165) is 23.1 Å². The molecule has 0 amide bonds. The van der Waals surface area contributed by atoms with E-state index in [9.17, 15) is 0 Å². The fourth-order valence-corrected chi connectivity index (χ4v) is 2.12. The van der Waals surface area contributed by atoms with Gasteiger partial charge in [0.05, 0.1) is 0 Å². The minimum Gasteiger partial charge on any atom is -0.271 e. The van der Waals surface area contributed by atoms with Gasteiger partial charge in [-0.25, -0.2) is 0 Å². The normalized spacial score (nSPS) is 10.6. The quantitative estimate of drug-likeness (QED) is 0.787. The van der Waals surface area contributed by atoms with Crippen molar-refractivity contribution >= 4 is 22.6 Å². The number of rotatable bonds is 4. The Morgan fingerprint density at radius 3 is 2.62 bits per heavy atom. The van der Waals surface area contributed by atoms with Crippen molar-refractivity contribution in [2.24, 2.45) is 0 Å². The van der Waals surface area contributed by atoms with E-state index < -0.39 is 0 Å². The molecule has 0 fully saturated rings. The van der Waals surface area contributed by atoms with Gasteiger partial charge >= 0.3 is 0 Å². The van der Waals surface area contributed by atoms with Crippen molar-refractivity contribution in [3.05, 3.63) is 51.4 Å². The summed E-state index contributed by atoms with van der Waals surface area (Å²) < 4.78 is 3.15. The van der Waals surface area contributed by atoms with Crippen molar-refractivity contribution in [2.45, 2.75) is 26.3 Å². The molecule has 84 valence electrons. The van der Waals surface area contributed by atoms with Crippen LogP contribution in [-0.4, -0.2) is 9.78 Å². The molecule has 1 heterocycles. The molecule has 16 heavy (non-hydrogen) atoms. The van der Waals surface area contributed by atoms with Crippen molar-refractivity contribution in [1.29, 1.82) is 0 Å². The van der Waals surface area contributed by atoms with Gasteiger partial charge in [-0.2, -0.15) is 5.10 Å². The molecular formula is C13H15IN2. The zero-order valence-corrected chi connectivity index (χ0v) is 11.5. The first kappa shape index (κ1) is 11.6. The summed E-state index contributed by atoms with van der Waals surface area (Å²) in [7, 11) is 0. The molecule has 0 radical (unpaired) electrons. The highest BCUT2D eigenvalue weighted by molar-refractivity contribution is 14.1. The number of nitrogens with zero attached hydrogens (tertiary/aromatic N) is 2. The summed E-state index contributed by atoms with van der Waals surface area (Å²) in [6.07, 6.45) is 4.38. The zero-order valence-electron chi connectivity index (χ0n) is 9.36. The summed E-state index contributed by atoms with van der Waals surface area (Å²) in [5.41, 5.74) is 2.67. The number of hydrogen-bond acceptors (Lipinski definition) is 1. The van der Waals surface area contributed by atoms with Crippen LogP contribution >= 0.6 is 22.6 Å². The molecule has 0 N–H and O–H groups in total. The maximum absolute atomic E-state index is 4.44. The van der Waals surface area contributed by atoms with Crippen LogP contribution in [0.5, 0.6) is 0 Å². The SMILES string of the molecule is Cc1cn(CCCc2ccccc2)nc1I. The molecular weight excluding hydrogens is 311 g/mol. The lowest BCUT2D eigenvalue weighted by molar-refractivity contribution is 0.575. The van der Waals surface area contributed by atoms with Crippen LogP contribution in [0.4, 0.5) is 0 Å². The van der Waals surface area contributed by atoms with E-state index >= 15 is 0 Å². The van der Waals surface area contributed by atoms with E-state index in [-0.39, 0.29) is 0 Å². The standard InChI is InChI=1S/C13H15IN2/c1-11-10-16(15-13(11)14)9-5-8-12-6-3-2-4-7-12/h2-4,6-7,10H,5,8-9H2,1H3. The summed E-state index contributed by atoms with van der Waals surface area (Å²) in [6, 6.07) is 10.6. The average Bonchev–Trinajstić information content (AvgIpc) is 2.60. The molecule has 0 aliphatic heterocycles. The molecule has 0 bridgehead atoms. The fraction of sp³-hybridized carbons (Fsp3) is 0.308. The van der Waals surface area contributed by atoms with E-state index in [2.05, 4.69) is 71.1 Å². The molecule has 0 atom stereocenters. The topological polar surface area (TPSA) is 17.8 Å². The third-order valence-corrected chi connectivity index (χ3v) is 3.65. The Morgan fingerprint density at radius 2 is 2.00 bits per heavy atom. The zero-order chi connectivity index (χ0) is 11.4. The Morgan fingerprint density at radius 1 is 1.25 bits per heavy atom. The van der Waals surface area contributed by atoms with Crippen LogP contribution in [0.2, 0.25) is 0 Å². The van der Waals surface area contributed by atoms with Crippen LogP contribution in [0.1, 0.15) is 17.5 Å². The van der Waals surface area contributed by atoms with Crippen LogP contribution in [0.3, 0.4) is 0 Å². The Labute approximate surface area is 110 Å². The fourth-order valence-electron chi connectivity index (χ4n) is 1.70. The minimum absolute atomic E-state index is 0.999. The van der Waals surface area contributed by atoms with Gasteiger partial charge in [0.15, 0.2) is 0 Å². The van der Waals surface area contributed by atoms with Gasteiger partial charge in [-0.1, -0.05) is 30.3 Å². The first-order valence-electron chi connectivity index (χ1n) is 5.49. The smallest absolute Gasteiger partial charge is 0.126 e. The first-order valence-corrected chi connectivity index (χ1v) is 6.57. The molecule has 0 saturated heterocycles. The molecule has 2 aromatic rings. The highest BCUT2D eigenvalue weighted by Gasteiger charge is 2.00. The van der Waals surface area contributed by atoms with Gasteiger partial charge in [0, 0.05) is 18.3 Å². The molecule has 2 rings (SSSR count). The number of aromatic nitrogens is 2. The van der Waals surface area contributed by atoms with E-state index in [0.29, 0.717) is 0 Å². The molecule has 1 aromatic carbocycles. The summed E-state index contributed by atoms with van der Waals surface area (Å²) in [4.78, 5) is 0. The Bertz CT molecular complexity index is 429. The number of benzene rings is 1. The maximum Gasteiger partial charge on any atom is 0.126 e. The largest absolute Gasteiger partial charge is 0.271 e. The lowest BCUT2D eigenvalue weighted by atomic mass is 10.1. The van der Waals surface area contributed by atoms with Crippen molar-refractivity contribution in [1.82, 2.24) is 9.78 Å². The van der Waals surface area contributed by atoms with Crippen LogP contribution < -0.4 is 0 Å². The lowest BCUT2D eigenvalue weighted by Crippen LogP contribution is -2.00. The third kappa shape index (κ3) is 3.07. The summed E-state index contributed by atoms with van der Waals surface area (Å²) >= 11 is 2.28. The highest BCUT2D eigenvalue weighted by atomic mass is 127. The van der Waals surface area contributed by atoms with E-state index in [1.54, 1.807) is 0 Å². The molecule has 0 aliphatic rings. The number of hydrogen-bond donors (Lipinski definition) is 0. The summed E-state index contributed by atoms with van der Waals surface area (Å²) in [5, 5.41) is 4.44. The highest BCUT2D eigenvalue weighted by Crippen LogP contribution is 2.09.